The molecule has 0 radical (unpaired) electrons. The van der Waals surface area contributed by atoms with Crippen LogP contribution in [0.3, 0.4) is 0 Å². The molecule has 3 rings (SSSR count). The van der Waals surface area contributed by atoms with Gasteiger partial charge < -0.3 is 0 Å². The zero-order valence-corrected chi connectivity index (χ0v) is 10.6. The summed E-state index contributed by atoms with van der Waals surface area (Å²) in [5, 5.41) is 0. The van der Waals surface area contributed by atoms with Crippen LogP contribution in [0.4, 0.5) is 4.39 Å². The van der Waals surface area contributed by atoms with Crippen LogP contribution in [-0.2, 0) is 10.0 Å². The van der Waals surface area contributed by atoms with Crippen LogP contribution in [-0.4, -0.2) is 24.8 Å². The minimum absolute atomic E-state index is 0.0289. The molecular formula is C13H14FNO2S. The van der Waals surface area contributed by atoms with E-state index in [4.69, 9.17) is 0 Å². The molecule has 2 aliphatic rings. The molecule has 2 bridgehead atoms. The first-order valence-corrected chi connectivity index (χ1v) is 7.49. The maximum absolute atomic E-state index is 12.9. The summed E-state index contributed by atoms with van der Waals surface area (Å²) in [5.74, 6) is -0.421. The monoisotopic (exact) mass is 267 g/mol. The van der Waals surface area contributed by atoms with Gasteiger partial charge in [-0.2, -0.15) is 4.31 Å². The third-order valence-electron chi connectivity index (χ3n) is 3.64. The highest BCUT2D eigenvalue weighted by molar-refractivity contribution is 7.89. The summed E-state index contributed by atoms with van der Waals surface area (Å²) in [7, 11) is -3.50. The molecule has 96 valence electrons. The minimum atomic E-state index is -3.50. The molecule has 2 unspecified atom stereocenters. The topological polar surface area (TPSA) is 37.4 Å². The van der Waals surface area contributed by atoms with Gasteiger partial charge in [0.15, 0.2) is 0 Å². The van der Waals surface area contributed by atoms with Gasteiger partial charge in [-0.15, -0.1) is 0 Å². The molecule has 2 heterocycles. The maximum atomic E-state index is 12.9. The van der Waals surface area contributed by atoms with Crippen molar-refractivity contribution in [1.29, 1.82) is 0 Å². The Morgan fingerprint density at radius 1 is 1.17 bits per heavy atom. The second-order valence-corrected chi connectivity index (χ2v) is 6.59. The van der Waals surface area contributed by atoms with Crippen LogP contribution in [0.1, 0.15) is 19.3 Å². The van der Waals surface area contributed by atoms with Gasteiger partial charge >= 0.3 is 0 Å². The van der Waals surface area contributed by atoms with Gasteiger partial charge in [0.2, 0.25) is 10.0 Å². The van der Waals surface area contributed by atoms with Crippen molar-refractivity contribution < 1.29 is 12.8 Å². The van der Waals surface area contributed by atoms with Gasteiger partial charge in [-0.3, -0.25) is 0 Å². The summed E-state index contributed by atoms with van der Waals surface area (Å²) < 4.78 is 39.5. The normalized spacial score (nSPS) is 27.6. The largest absolute Gasteiger partial charge is 0.243 e. The second-order valence-electron chi connectivity index (χ2n) is 4.75. The van der Waals surface area contributed by atoms with Crippen molar-refractivity contribution in [2.45, 2.75) is 36.2 Å². The molecule has 5 heteroatoms. The molecule has 1 aromatic carbocycles. The van der Waals surface area contributed by atoms with E-state index in [9.17, 15) is 12.8 Å². The average Bonchev–Trinajstić information content (AvgIpc) is 2.62. The molecule has 2 atom stereocenters. The van der Waals surface area contributed by atoms with Crippen molar-refractivity contribution in [2.24, 2.45) is 0 Å². The van der Waals surface area contributed by atoms with Crippen molar-refractivity contribution in [3.8, 4) is 0 Å². The lowest BCUT2D eigenvalue weighted by Gasteiger charge is -2.30. The molecule has 18 heavy (non-hydrogen) atoms. The van der Waals surface area contributed by atoms with Crippen LogP contribution in [0.2, 0.25) is 0 Å². The van der Waals surface area contributed by atoms with Crippen LogP contribution in [0.15, 0.2) is 41.3 Å². The molecule has 0 spiro atoms. The van der Waals surface area contributed by atoms with Crippen LogP contribution in [0, 0.1) is 5.82 Å². The van der Waals surface area contributed by atoms with E-state index >= 15 is 0 Å². The first-order chi connectivity index (χ1) is 8.59. The van der Waals surface area contributed by atoms with Crippen molar-refractivity contribution in [1.82, 2.24) is 4.31 Å². The summed E-state index contributed by atoms with van der Waals surface area (Å²) >= 11 is 0. The summed E-state index contributed by atoms with van der Waals surface area (Å²) in [6, 6.07) is 5.09. The Hall–Kier alpha value is -1.20. The Morgan fingerprint density at radius 3 is 2.56 bits per heavy atom. The molecule has 0 saturated carbocycles. The van der Waals surface area contributed by atoms with Crippen LogP contribution >= 0.6 is 0 Å². The van der Waals surface area contributed by atoms with Gasteiger partial charge in [-0.05, 0) is 43.5 Å². The zero-order chi connectivity index (χ0) is 12.8. The predicted molar refractivity (Wildman–Crippen MR) is 66.0 cm³/mol. The Labute approximate surface area is 106 Å². The molecule has 0 aliphatic carbocycles. The number of benzene rings is 1. The maximum Gasteiger partial charge on any atom is 0.243 e. The number of rotatable bonds is 2. The highest BCUT2D eigenvalue weighted by Crippen LogP contribution is 2.36. The average molecular weight is 267 g/mol. The van der Waals surface area contributed by atoms with E-state index in [1.54, 1.807) is 4.31 Å². The lowest BCUT2D eigenvalue weighted by molar-refractivity contribution is 0.341. The first-order valence-electron chi connectivity index (χ1n) is 6.05. The van der Waals surface area contributed by atoms with Crippen LogP contribution < -0.4 is 0 Å². The number of halogens is 1. The third kappa shape index (κ3) is 1.78. The standard InChI is InChI=1S/C13H14FNO2S/c14-10-4-8-13(9-5-10)18(16,17)15-11-2-1-3-12(15)7-6-11/h1-2,4-5,8-9,11-12H,3,6-7H2. The van der Waals surface area contributed by atoms with E-state index in [-0.39, 0.29) is 17.0 Å². The van der Waals surface area contributed by atoms with E-state index in [0.717, 1.165) is 19.3 Å². The van der Waals surface area contributed by atoms with Crippen molar-refractivity contribution in [3.05, 3.63) is 42.2 Å². The fourth-order valence-corrected chi connectivity index (χ4v) is 4.63. The highest BCUT2D eigenvalue weighted by Gasteiger charge is 2.42. The van der Waals surface area contributed by atoms with E-state index in [0.29, 0.717) is 0 Å². The van der Waals surface area contributed by atoms with Crippen molar-refractivity contribution in [3.63, 3.8) is 0 Å². The smallest absolute Gasteiger partial charge is 0.207 e. The number of fused-ring (bicyclic) bond motifs is 2. The van der Waals surface area contributed by atoms with Gasteiger partial charge in [0, 0.05) is 12.1 Å². The molecule has 1 aromatic rings. The van der Waals surface area contributed by atoms with Gasteiger partial charge in [0.1, 0.15) is 5.82 Å². The fraction of sp³-hybridized carbons (Fsp3) is 0.385. The Kier molecular flexibility index (Phi) is 2.75. The minimum Gasteiger partial charge on any atom is -0.207 e. The van der Waals surface area contributed by atoms with E-state index in [1.807, 2.05) is 6.08 Å². The number of sulfonamides is 1. The lowest BCUT2D eigenvalue weighted by Crippen LogP contribution is -2.41. The molecule has 2 aliphatic heterocycles. The van der Waals surface area contributed by atoms with Crippen LogP contribution in [0.5, 0.6) is 0 Å². The van der Waals surface area contributed by atoms with Crippen LogP contribution in [0.25, 0.3) is 0 Å². The molecule has 3 nitrogen and oxygen atoms in total. The quantitative estimate of drug-likeness (QED) is 0.771. The molecule has 1 saturated heterocycles. The van der Waals surface area contributed by atoms with Crippen molar-refractivity contribution in [2.75, 3.05) is 0 Å². The third-order valence-corrected chi connectivity index (χ3v) is 5.63. The Balaban J connectivity index is 2.00. The van der Waals surface area contributed by atoms with Gasteiger partial charge in [0.05, 0.1) is 4.90 Å². The van der Waals surface area contributed by atoms with Gasteiger partial charge in [-0.1, -0.05) is 12.2 Å². The lowest BCUT2D eigenvalue weighted by atomic mass is 10.2. The molecular weight excluding hydrogens is 253 g/mol. The Morgan fingerprint density at radius 2 is 1.89 bits per heavy atom. The molecule has 0 N–H and O–H groups in total. The zero-order valence-electron chi connectivity index (χ0n) is 9.79. The second kappa shape index (κ2) is 4.17. The Bertz CT molecular complexity index is 580. The van der Waals surface area contributed by atoms with Crippen molar-refractivity contribution >= 4 is 10.0 Å². The number of nitrogens with zero attached hydrogens (tertiary/aromatic N) is 1. The molecule has 0 aromatic heterocycles. The fourth-order valence-electron chi connectivity index (χ4n) is 2.79. The predicted octanol–water partition coefficient (Wildman–Crippen LogP) is 2.31. The summed E-state index contributed by atoms with van der Waals surface area (Å²) in [5.41, 5.74) is 0. The highest BCUT2D eigenvalue weighted by atomic mass is 32.2. The van der Waals surface area contributed by atoms with E-state index in [1.165, 1.54) is 24.3 Å². The molecule has 0 amide bonds. The summed E-state index contributed by atoms with van der Waals surface area (Å²) in [6.45, 7) is 0. The summed E-state index contributed by atoms with van der Waals surface area (Å²) in [6.07, 6.45) is 6.57. The first kappa shape index (κ1) is 11.9. The SMILES string of the molecule is O=S(=O)(c1ccc(F)cc1)N1C2C=CCC1CC2. The molecule has 1 fully saturated rings. The summed E-state index contributed by atoms with van der Waals surface area (Å²) in [4.78, 5) is 0.177. The van der Waals surface area contributed by atoms with E-state index in [2.05, 4.69) is 6.08 Å². The number of hydrogen-bond donors (Lipinski definition) is 0. The van der Waals surface area contributed by atoms with E-state index < -0.39 is 15.8 Å². The van der Waals surface area contributed by atoms with Gasteiger partial charge in [-0.25, -0.2) is 12.8 Å². The van der Waals surface area contributed by atoms with Gasteiger partial charge in [0.25, 0.3) is 0 Å². The number of hydrogen-bond acceptors (Lipinski definition) is 2.